The Bertz CT molecular complexity index is 309. The van der Waals surface area contributed by atoms with Crippen molar-refractivity contribution < 1.29 is 23.9 Å². The molecule has 110 valence electrons. The first-order chi connectivity index (χ1) is 8.78. The summed E-state index contributed by atoms with van der Waals surface area (Å²) in [5.74, 6) is -0.512. The number of ether oxygens (including phenoxy) is 2. The Balaban J connectivity index is 4.10. The molecule has 6 heteroatoms. The van der Waals surface area contributed by atoms with Gasteiger partial charge in [-0.25, -0.2) is 4.79 Å². The van der Waals surface area contributed by atoms with Crippen LogP contribution in [0, 0.1) is 0 Å². The normalized spacial score (nSPS) is 12.4. The van der Waals surface area contributed by atoms with E-state index in [1.165, 1.54) is 0 Å². The lowest BCUT2D eigenvalue weighted by Crippen LogP contribution is -2.41. The maximum absolute atomic E-state index is 11.4. The molecular weight excluding hydrogens is 250 g/mol. The molecule has 0 rings (SSSR count). The van der Waals surface area contributed by atoms with Crippen LogP contribution in [0.5, 0.6) is 0 Å². The second-order valence-corrected chi connectivity index (χ2v) is 5.17. The largest absolute Gasteiger partial charge is 0.466 e. The summed E-state index contributed by atoms with van der Waals surface area (Å²) in [6, 6.07) is -0.927. The number of hydrogen-bond donors (Lipinski definition) is 1. The monoisotopic (exact) mass is 273 g/mol. The van der Waals surface area contributed by atoms with Gasteiger partial charge >= 0.3 is 12.1 Å². The molecule has 0 aromatic carbocycles. The van der Waals surface area contributed by atoms with Crippen LogP contribution >= 0.6 is 0 Å². The van der Waals surface area contributed by atoms with E-state index >= 15 is 0 Å². The van der Waals surface area contributed by atoms with Crippen LogP contribution in [0.4, 0.5) is 4.79 Å². The zero-order chi connectivity index (χ0) is 14.9. The Morgan fingerprint density at radius 2 is 1.95 bits per heavy atom. The highest BCUT2D eigenvalue weighted by atomic mass is 16.6. The smallest absolute Gasteiger partial charge is 0.408 e. The maximum Gasteiger partial charge on any atom is 0.408 e. The maximum atomic E-state index is 11.4. The van der Waals surface area contributed by atoms with Crippen molar-refractivity contribution in [2.24, 2.45) is 0 Å². The number of unbranched alkanes of at least 4 members (excludes halogenated alkanes) is 1. The van der Waals surface area contributed by atoms with Gasteiger partial charge in [-0.1, -0.05) is 13.3 Å². The third kappa shape index (κ3) is 10.1. The van der Waals surface area contributed by atoms with E-state index in [-0.39, 0.29) is 6.42 Å². The second-order valence-electron chi connectivity index (χ2n) is 5.17. The van der Waals surface area contributed by atoms with Crippen LogP contribution in [-0.4, -0.2) is 36.6 Å². The third-order valence-electron chi connectivity index (χ3n) is 2.01. The zero-order valence-electron chi connectivity index (χ0n) is 12.0. The number of carbonyl (C=O) groups excluding carboxylic acids is 3. The molecule has 0 saturated heterocycles. The van der Waals surface area contributed by atoms with Crippen molar-refractivity contribution in [3.8, 4) is 0 Å². The molecule has 1 atom stereocenters. The van der Waals surface area contributed by atoms with Crippen LogP contribution in [0.2, 0.25) is 0 Å². The van der Waals surface area contributed by atoms with Gasteiger partial charge in [0.2, 0.25) is 0 Å². The average molecular weight is 273 g/mol. The highest BCUT2D eigenvalue weighted by molar-refractivity contribution is 5.79. The molecule has 0 spiro atoms. The summed E-state index contributed by atoms with van der Waals surface area (Å²) in [6.45, 7) is 7.43. The molecule has 0 unspecified atom stereocenters. The fourth-order valence-corrected chi connectivity index (χ4v) is 1.16. The van der Waals surface area contributed by atoms with Gasteiger partial charge in [0, 0.05) is 0 Å². The summed E-state index contributed by atoms with van der Waals surface area (Å²) in [5, 5.41) is 2.31. The minimum absolute atomic E-state index is 0.188. The number of hydrogen-bond acceptors (Lipinski definition) is 5. The van der Waals surface area contributed by atoms with E-state index in [0.29, 0.717) is 12.9 Å². The Morgan fingerprint density at radius 3 is 2.42 bits per heavy atom. The van der Waals surface area contributed by atoms with E-state index in [4.69, 9.17) is 9.47 Å². The topological polar surface area (TPSA) is 81.7 Å². The molecule has 0 aromatic heterocycles. The third-order valence-corrected chi connectivity index (χ3v) is 2.01. The van der Waals surface area contributed by atoms with E-state index in [1.807, 2.05) is 6.92 Å². The molecular formula is C13H23NO5. The Labute approximate surface area is 113 Å². The number of nitrogens with one attached hydrogen (secondary N) is 1. The van der Waals surface area contributed by atoms with Crippen molar-refractivity contribution in [2.75, 3.05) is 6.61 Å². The lowest BCUT2D eigenvalue weighted by Gasteiger charge is -2.21. The van der Waals surface area contributed by atoms with Gasteiger partial charge in [-0.15, -0.1) is 0 Å². The summed E-state index contributed by atoms with van der Waals surface area (Å²) in [4.78, 5) is 33.6. The first-order valence-electron chi connectivity index (χ1n) is 6.39. The molecule has 0 aliphatic heterocycles. The molecule has 0 bridgehead atoms. The Morgan fingerprint density at radius 1 is 1.32 bits per heavy atom. The number of alkyl carbamates (subject to hydrolysis) is 1. The van der Waals surface area contributed by atoms with Crippen molar-refractivity contribution >= 4 is 18.3 Å². The SMILES string of the molecule is CCCCOC(=O)C[C@@H](C=O)NC(=O)OC(C)(C)C. The lowest BCUT2D eigenvalue weighted by atomic mass is 10.2. The molecule has 1 amide bonds. The van der Waals surface area contributed by atoms with Crippen molar-refractivity contribution in [1.82, 2.24) is 5.32 Å². The Kier molecular flexibility index (Phi) is 7.79. The van der Waals surface area contributed by atoms with Gasteiger partial charge in [-0.2, -0.15) is 0 Å². The zero-order valence-corrected chi connectivity index (χ0v) is 12.0. The first kappa shape index (κ1) is 17.4. The summed E-state index contributed by atoms with van der Waals surface area (Å²) < 4.78 is 9.90. The van der Waals surface area contributed by atoms with E-state index in [0.717, 1.165) is 12.8 Å². The van der Waals surface area contributed by atoms with Crippen molar-refractivity contribution in [3.63, 3.8) is 0 Å². The van der Waals surface area contributed by atoms with E-state index in [9.17, 15) is 14.4 Å². The molecule has 0 aromatic rings. The number of esters is 1. The molecule has 0 aliphatic rings. The van der Waals surface area contributed by atoms with Crippen molar-refractivity contribution in [1.29, 1.82) is 0 Å². The number of aldehydes is 1. The van der Waals surface area contributed by atoms with Crippen LogP contribution in [0.1, 0.15) is 47.0 Å². The molecule has 0 aliphatic carbocycles. The van der Waals surface area contributed by atoms with Crippen molar-refractivity contribution in [3.05, 3.63) is 0 Å². The van der Waals surface area contributed by atoms with Crippen molar-refractivity contribution in [2.45, 2.75) is 58.6 Å². The number of rotatable bonds is 7. The molecule has 6 nitrogen and oxygen atoms in total. The fourth-order valence-electron chi connectivity index (χ4n) is 1.16. The van der Waals surface area contributed by atoms with Crippen LogP contribution in [-0.2, 0) is 19.1 Å². The van der Waals surface area contributed by atoms with E-state index in [1.54, 1.807) is 20.8 Å². The quantitative estimate of drug-likeness (QED) is 0.434. The predicted molar refractivity (Wildman–Crippen MR) is 69.7 cm³/mol. The number of carbonyl (C=O) groups is 3. The van der Waals surface area contributed by atoms with E-state index in [2.05, 4.69) is 5.32 Å². The fraction of sp³-hybridized carbons (Fsp3) is 0.769. The summed E-state index contributed by atoms with van der Waals surface area (Å²) >= 11 is 0. The molecule has 0 fully saturated rings. The highest BCUT2D eigenvalue weighted by Crippen LogP contribution is 2.07. The molecule has 0 radical (unpaired) electrons. The van der Waals surface area contributed by atoms with Gasteiger partial charge < -0.3 is 19.6 Å². The first-order valence-corrected chi connectivity index (χ1v) is 6.39. The predicted octanol–water partition coefficient (Wildman–Crippen LogP) is 1.81. The van der Waals surface area contributed by atoms with Crippen LogP contribution in [0.15, 0.2) is 0 Å². The molecule has 1 N–H and O–H groups in total. The van der Waals surface area contributed by atoms with Gasteiger partial charge in [0.05, 0.1) is 19.1 Å². The summed E-state index contributed by atoms with van der Waals surface area (Å²) in [5.41, 5.74) is -0.654. The molecule has 19 heavy (non-hydrogen) atoms. The number of amides is 1. The second kappa shape index (κ2) is 8.50. The standard InChI is InChI=1S/C13H23NO5/c1-5-6-7-18-11(16)8-10(9-15)14-12(17)19-13(2,3)4/h9-10H,5-8H2,1-4H3,(H,14,17)/t10-/m0/s1. The van der Waals surface area contributed by atoms with Crippen LogP contribution in [0.3, 0.4) is 0 Å². The Hall–Kier alpha value is -1.59. The minimum Gasteiger partial charge on any atom is -0.466 e. The van der Waals surface area contributed by atoms with Gasteiger partial charge in [0.15, 0.2) is 0 Å². The summed E-state index contributed by atoms with van der Waals surface area (Å²) in [7, 11) is 0. The van der Waals surface area contributed by atoms with Crippen LogP contribution in [0.25, 0.3) is 0 Å². The highest BCUT2D eigenvalue weighted by Gasteiger charge is 2.21. The average Bonchev–Trinajstić information content (AvgIpc) is 2.25. The van der Waals surface area contributed by atoms with Gasteiger partial charge in [0.25, 0.3) is 0 Å². The molecule has 0 heterocycles. The molecule has 0 saturated carbocycles. The van der Waals surface area contributed by atoms with Gasteiger partial charge in [-0.3, -0.25) is 4.79 Å². The minimum atomic E-state index is -0.927. The van der Waals surface area contributed by atoms with E-state index < -0.39 is 23.7 Å². The summed E-state index contributed by atoms with van der Waals surface area (Å²) in [6.07, 6.45) is 1.26. The lowest BCUT2D eigenvalue weighted by molar-refractivity contribution is -0.144. The van der Waals surface area contributed by atoms with Gasteiger partial charge in [0.1, 0.15) is 11.9 Å². The van der Waals surface area contributed by atoms with Gasteiger partial charge in [-0.05, 0) is 27.2 Å². The van der Waals surface area contributed by atoms with Crippen LogP contribution < -0.4 is 5.32 Å².